The summed E-state index contributed by atoms with van der Waals surface area (Å²) >= 11 is 0. The van der Waals surface area contributed by atoms with Crippen molar-refractivity contribution in [3.63, 3.8) is 0 Å². The van der Waals surface area contributed by atoms with Crippen LogP contribution in [0.2, 0.25) is 0 Å². The number of benzene rings is 2. The molecule has 0 unspecified atom stereocenters. The Morgan fingerprint density at radius 2 is 1.79 bits per heavy atom. The third-order valence-electron chi connectivity index (χ3n) is 4.42. The number of anilines is 1. The predicted octanol–water partition coefficient (Wildman–Crippen LogP) is 2.76. The molecule has 0 saturated carbocycles. The molecule has 1 aliphatic rings. The fourth-order valence-electron chi connectivity index (χ4n) is 2.84. The number of methoxy groups -OCH3 is 1. The van der Waals surface area contributed by atoms with Crippen LogP contribution in [0.4, 0.5) is 5.82 Å². The molecule has 148 valence electrons. The van der Waals surface area contributed by atoms with Gasteiger partial charge in [0.2, 0.25) is 6.79 Å². The van der Waals surface area contributed by atoms with Gasteiger partial charge >= 0.3 is 0 Å². The molecule has 1 aliphatic heterocycles. The first-order valence-corrected chi connectivity index (χ1v) is 9.07. The summed E-state index contributed by atoms with van der Waals surface area (Å²) in [5.41, 5.74) is 2.27. The maximum Gasteiger partial charge on any atom is 0.270 e. The van der Waals surface area contributed by atoms with E-state index >= 15 is 0 Å². The SMILES string of the molecule is COc1ccc(CNC(=O)c2cc(NCc3ccc4c(c3)OCO4)ncn2)cc1. The van der Waals surface area contributed by atoms with Crippen molar-refractivity contribution in [3.8, 4) is 17.2 Å². The number of fused-ring (bicyclic) bond motifs is 1. The topological polar surface area (TPSA) is 94.6 Å². The molecule has 3 aromatic rings. The zero-order valence-corrected chi connectivity index (χ0v) is 15.8. The summed E-state index contributed by atoms with van der Waals surface area (Å²) < 4.78 is 15.8. The number of hydrogen-bond acceptors (Lipinski definition) is 7. The molecule has 0 fully saturated rings. The zero-order valence-electron chi connectivity index (χ0n) is 15.8. The average Bonchev–Trinajstić information content (AvgIpc) is 3.24. The minimum absolute atomic E-state index is 0.243. The Morgan fingerprint density at radius 1 is 1.00 bits per heavy atom. The molecule has 29 heavy (non-hydrogen) atoms. The fraction of sp³-hybridized carbons (Fsp3) is 0.190. The van der Waals surface area contributed by atoms with E-state index in [2.05, 4.69) is 20.6 Å². The van der Waals surface area contributed by atoms with Crippen molar-refractivity contribution in [1.82, 2.24) is 15.3 Å². The fourth-order valence-corrected chi connectivity index (χ4v) is 2.84. The number of nitrogens with one attached hydrogen (secondary N) is 2. The first-order valence-electron chi connectivity index (χ1n) is 9.07. The molecule has 8 heteroatoms. The summed E-state index contributed by atoms with van der Waals surface area (Å²) in [5, 5.41) is 6.05. The number of aromatic nitrogens is 2. The predicted molar refractivity (Wildman–Crippen MR) is 106 cm³/mol. The lowest BCUT2D eigenvalue weighted by molar-refractivity contribution is 0.0945. The Bertz CT molecular complexity index is 1010. The molecule has 0 spiro atoms. The lowest BCUT2D eigenvalue weighted by Crippen LogP contribution is -2.24. The van der Waals surface area contributed by atoms with E-state index in [4.69, 9.17) is 14.2 Å². The van der Waals surface area contributed by atoms with E-state index in [9.17, 15) is 4.79 Å². The lowest BCUT2D eigenvalue weighted by atomic mass is 10.2. The molecule has 2 N–H and O–H groups in total. The van der Waals surface area contributed by atoms with Crippen LogP contribution in [-0.4, -0.2) is 29.8 Å². The van der Waals surface area contributed by atoms with Gasteiger partial charge in [0, 0.05) is 19.2 Å². The van der Waals surface area contributed by atoms with Crippen molar-refractivity contribution in [2.75, 3.05) is 19.2 Å². The van der Waals surface area contributed by atoms with Crippen molar-refractivity contribution in [2.45, 2.75) is 13.1 Å². The van der Waals surface area contributed by atoms with Crippen LogP contribution in [0.3, 0.4) is 0 Å². The number of hydrogen-bond donors (Lipinski definition) is 2. The van der Waals surface area contributed by atoms with Gasteiger partial charge < -0.3 is 24.8 Å². The van der Waals surface area contributed by atoms with Crippen LogP contribution in [-0.2, 0) is 13.1 Å². The summed E-state index contributed by atoms with van der Waals surface area (Å²) in [7, 11) is 1.62. The number of ether oxygens (including phenoxy) is 3. The molecule has 2 aromatic carbocycles. The Hall–Kier alpha value is -3.81. The maximum atomic E-state index is 12.4. The maximum absolute atomic E-state index is 12.4. The summed E-state index contributed by atoms with van der Waals surface area (Å²) in [6, 6.07) is 14.9. The van der Waals surface area contributed by atoms with Crippen molar-refractivity contribution in [2.24, 2.45) is 0 Å². The number of carbonyl (C=O) groups is 1. The van der Waals surface area contributed by atoms with Crippen LogP contribution in [0.15, 0.2) is 54.9 Å². The van der Waals surface area contributed by atoms with Gasteiger partial charge in [0.1, 0.15) is 23.6 Å². The number of nitrogens with zero attached hydrogens (tertiary/aromatic N) is 2. The number of amides is 1. The number of rotatable bonds is 7. The first kappa shape index (κ1) is 18.5. The van der Waals surface area contributed by atoms with Gasteiger partial charge in [0.15, 0.2) is 11.5 Å². The second-order valence-electron chi connectivity index (χ2n) is 6.36. The summed E-state index contributed by atoms with van der Waals surface area (Å²) in [6.45, 7) is 1.17. The molecule has 1 aromatic heterocycles. The molecule has 1 amide bonds. The van der Waals surface area contributed by atoms with E-state index in [1.807, 2.05) is 42.5 Å². The van der Waals surface area contributed by atoms with Crippen LogP contribution in [0.25, 0.3) is 0 Å². The van der Waals surface area contributed by atoms with Gasteiger partial charge in [-0.1, -0.05) is 18.2 Å². The Balaban J connectivity index is 1.34. The molecule has 8 nitrogen and oxygen atoms in total. The van der Waals surface area contributed by atoms with Gasteiger partial charge in [0.25, 0.3) is 5.91 Å². The minimum Gasteiger partial charge on any atom is -0.497 e. The van der Waals surface area contributed by atoms with Crippen molar-refractivity contribution < 1.29 is 19.0 Å². The van der Waals surface area contributed by atoms with Gasteiger partial charge in [-0.2, -0.15) is 0 Å². The molecule has 4 rings (SSSR count). The normalized spacial score (nSPS) is 11.8. The Kier molecular flexibility index (Phi) is 5.42. The van der Waals surface area contributed by atoms with Gasteiger partial charge in [-0.3, -0.25) is 4.79 Å². The monoisotopic (exact) mass is 392 g/mol. The lowest BCUT2D eigenvalue weighted by Gasteiger charge is -2.09. The van der Waals surface area contributed by atoms with Crippen LogP contribution < -0.4 is 24.8 Å². The van der Waals surface area contributed by atoms with E-state index in [-0.39, 0.29) is 12.7 Å². The standard InChI is InChI=1S/C21H20N4O4/c1-27-16-5-2-14(3-6-16)10-23-21(26)17-9-20(25-12-24-17)22-11-15-4-7-18-19(8-15)29-13-28-18/h2-9,12H,10-11,13H2,1H3,(H,23,26)(H,22,24,25). The van der Waals surface area contributed by atoms with E-state index < -0.39 is 0 Å². The van der Waals surface area contributed by atoms with E-state index in [0.29, 0.717) is 24.6 Å². The third kappa shape index (κ3) is 4.55. The van der Waals surface area contributed by atoms with E-state index in [0.717, 1.165) is 28.4 Å². The molecule has 0 atom stereocenters. The van der Waals surface area contributed by atoms with E-state index in [1.54, 1.807) is 13.2 Å². The summed E-state index contributed by atoms with van der Waals surface area (Å²) in [6.07, 6.45) is 1.37. The van der Waals surface area contributed by atoms with Crippen molar-refractivity contribution in [3.05, 3.63) is 71.7 Å². The molecule has 0 bridgehead atoms. The Morgan fingerprint density at radius 3 is 2.62 bits per heavy atom. The largest absolute Gasteiger partial charge is 0.497 e. The van der Waals surface area contributed by atoms with Gasteiger partial charge in [-0.05, 0) is 35.4 Å². The first-order chi connectivity index (χ1) is 14.2. The smallest absolute Gasteiger partial charge is 0.270 e. The van der Waals surface area contributed by atoms with E-state index in [1.165, 1.54) is 6.33 Å². The van der Waals surface area contributed by atoms with Crippen LogP contribution in [0.5, 0.6) is 17.2 Å². The van der Waals surface area contributed by atoms with Gasteiger partial charge in [-0.25, -0.2) is 9.97 Å². The third-order valence-corrected chi connectivity index (χ3v) is 4.42. The molecule has 0 saturated heterocycles. The molecule has 0 aliphatic carbocycles. The number of carbonyl (C=O) groups excluding carboxylic acids is 1. The van der Waals surface area contributed by atoms with Crippen LogP contribution in [0, 0.1) is 0 Å². The van der Waals surface area contributed by atoms with Gasteiger partial charge in [0.05, 0.1) is 7.11 Å². The molecular formula is C21H20N4O4. The second kappa shape index (κ2) is 8.47. The summed E-state index contributed by atoms with van der Waals surface area (Å²) in [5.74, 6) is 2.54. The molecule has 2 heterocycles. The average molecular weight is 392 g/mol. The summed E-state index contributed by atoms with van der Waals surface area (Å²) in [4.78, 5) is 20.6. The highest BCUT2D eigenvalue weighted by Crippen LogP contribution is 2.32. The minimum atomic E-state index is -0.269. The Labute approximate surface area is 167 Å². The highest BCUT2D eigenvalue weighted by molar-refractivity contribution is 5.92. The quantitative estimate of drug-likeness (QED) is 0.638. The van der Waals surface area contributed by atoms with Crippen LogP contribution >= 0.6 is 0 Å². The molecular weight excluding hydrogens is 372 g/mol. The highest BCUT2D eigenvalue weighted by atomic mass is 16.7. The highest BCUT2D eigenvalue weighted by Gasteiger charge is 2.13. The second-order valence-corrected chi connectivity index (χ2v) is 6.36. The molecule has 0 radical (unpaired) electrons. The van der Waals surface area contributed by atoms with Crippen molar-refractivity contribution in [1.29, 1.82) is 0 Å². The van der Waals surface area contributed by atoms with Crippen LogP contribution in [0.1, 0.15) is 21.6 Å². The van der Waals surface area contributed by atoms with Gasteiger partial charge in [-0.15, -0.1) is 0 Å². The van der Waals surface area contributed by atoms with Crippen molar-refractivity contribution >= 4 is 11.7 Å². The zero-order chi connectivity index (χ0) is 20.1.